The van der Waals surface area contributed by atoms with Crippen LogP contribution in [0.5, 0.6) is 0 Å². The Hall–Kier alpha value is -3.03. The third-order valence-corrected chi connectivity index (χ3v) is 6.32. The number of hydrogen-bond donors (Lipinski definition) is 1. The molecule has 0 bridgehead atoms. The van der Waals surface area contributed by atoms with Crippen molar-refractivity contribution in [3.8, 4) is 0 Å². The number of rotatable bonds is 10. The molecular weight excluding hydrogens is 442 g/mol. The lowest BCUT2D eigenvalue weighted by molar-refractivity contribution is -0.208. The maximum atomic E-state index is 12.6. The molecule has 1 N–H and O–H groups in total. The number of amides is 1. The molecule has 1 amide bonds. The van der Waals surface area contributed by atoms with Crippen LogP contribution in [-0.4, -0.2) is 53.4 Å². The molecule has 6 heteroatoms. The highest BCUT2D eigenvalue weighted by Crippen LogP contribution is 2.28. The van der Waals surface area contributed by atoms with E-state index in [1.807, 2.05) is 91.0 Å². The number of nitrogens with zero attached hydrogens (tertiary/aromatic N) is 1. The molecule has 1 heterocycles. The summed E-state index contributed by atoms with van der Waals surface area (Å²) in [4.78, 5) is 14.2. The molecule has 1 fully saturated rings. The number of carbonyl (C=O) groups is 1. The van der Waals surface area contributed by atoms with Gasteiger partial charge >= 0.3 is 0 Å². The summed E-state index contributed by atoms with van der Waals surface area (Å²) in [6.07, 6.45) is -1.47. The molecular formula is C29H33NO5. The van der Waals surface area contributed by atoms with Crippen LogP contribution < -0.4 is 0 Å². The van der Waals surface area contributed by atoms with E-state index in [0.717, 1.165) is 16.7 Å². The van der Waals surface area contributed by atoms with E-state index in [2.05, 4.69) is 0 Å². The van der Waals surface area contributed by atoms with Crippen molar-refractivity contribution in [2.45, 2.75) is 51.1 Å². The van der Waals surface area contributed by atoms with Crippen molar-refractivity contribution in [2.75, 3.05) is 13.2 Å². The second-order valence-electron chi connectivity index (χ2n) is 8.78. The molecule has 4 atom stereocenters. The second kappa shape index (κ2) is 12.6. The van der Waals surface area contributed by atoms with Gasteiger partial charge in [-0.3, -0.25) is 4.79 Å². The number of likely N-dealkylation sites (tertiary alicyclic amines) is 1. The first-order valence-corrected chi connectivity index (χ1v) is 12.0. The topological polar surface area (TPSA) is 68.2 Å². The van der Waals surface area contributed by atoms with E-state index in [0.29, 0.717) is 26.4 Å². The minimum atomic E-state index is -0.567. The van der Waals surface area contributed by atoms with E-state index in [-0.39, 0.29) is 12.5 Å². The van der Waals surface area contributed by atoms with Crippen molar-refractivity contribution in [2.24, 2.45) is 0 Å². The van der Waals surface area contributed by atoms with Crippen molar-refractivity contribution < 1.29 is 24.1 Å². The minimum Gasteiger partial charge on any atom is -0.394 e. The normalized spacial score (nSPS) is 22.2. The molecule has 0 spiro atoms. The van der Waals surface area contributed by atoms with Gasteiger partial charge in [0.25, 0.3) is 0 Å². The van der Waals surface area contributed by atoms with Crippen LogP contribution >= 0.6 is 0 Å². The molecule has 1 aliphatic heterocycles. The number of carbonyl (C=O) groups excluding carboxylic acids is 1. The van der Waals surface area contributed by atoms with Crippen LogP contribution in [0.2, 0.25) is 0 Å². The predicted octanol–water partition coefficient (Wildman–Crippen LogP) is 3.97. The van der Waals surface area contributed by atoms with Crippen molar-refractivity contribution in [3.63, 3.8) is 0 Å². The molecule has 0 unspecified atom stereocenters. The van der Waals surface area contributed by atoms with Crippen LogP contribution in [0.4, 0.5) is 0 Å². The molecule has 3 aromatic rings. The zero-order valence-electron chi connectivity index (χ0n) is 20.0. The van der Waals surface area contributed by atoms with Crippen molar-refractivity contribution in [1.82, 2.24) is 4.90 Å². The van der Waals surface area contributed by atoms with Crippen LogP contribution in [0, 0.1) is 0 Å². The predicted molar refractivity (Wildman–Crippen MR) is 133 cm³/mol. The summed E-state index contributed by atoms with van der Waals surface area (Å²) in [7, 11) is 0. The van der Waals surface area contributed by atoms with Gasteiger partial charge in [-0.1, -0.05) is 91.0 Å². The van der Waals surface area contributed by atoms with E-state index in [1.165, 1.54) is 6.92 Å². The summed E-state index contributed by atoms with van der Waals surface area (Å²) in [5.74, 6) is -0.132. The van der Waals surface area contributed by atoms with Crippen LogP contribution in [0.1, 0.15) is 23.6 Å². The highest BCUT2D eigenvalue weighted by atomic mass is 16.6. The van der Waals surface area contributed by atoms with E-state index in [1.54, 1.807) is 4.90 Å². The van der Waals surface area contributed by atoms with Crippen LogP contribution in [0.3, 0.4) is 0 Å². The molecule has 4 rings (SSSR count). The fraction of sp³-hybridized carbons (Fsp3) is 0.345. The van der Waals surface area contributed by atoms with Gasteiger partial charge in [0.2, 0.25) is 5.91 Å². The van der Waals surface area contributed by atoms with Gasteiger partial charge in [0.15, 0.2) is 0 Å². The van der Waals surface area contributed by atoms with E-state index >= 15 is 0 Å². The first kappa shape index (κ1) is 25.1. The van der Waals surface area contributed by atoms with E-state index in [9.17, 15) is 9.90 Å². The van der Waals surface area contributed by atoms with Gasteiger partial charge in [0, 0.05) is 6.92 Å². The number of aliphatic hydroxyl groups is 1. The number of hydrogen-bond acceptors (Lipinski definition) is 5. The average molecular weight is 476 g/mol. The number of ether oxygens (including phenoxy) is 3. The van der Waals surface area contributed by atoms with Crippen LogP contribution in [0.25, 0.3) is 0 Å². The standard InChI is InChI=1S/C29H33NO5/c1-22(32)30-17-27(33-19-23-11-5-2-6-12-23)29(35-21-25-15-9-4-10-16-25)28(26(30)18-31)34-20-24-13-7-3-8-14-24/h2-16,26-29,31H,17-21H2,1H3/t26-,27-,28-,29-/m1/s1. The Morgan fingerprint density at radius 1 is 0.743 bits per heavy atom. The number of benzene rings is 3. The Labute approximate surface area is 207 Å². The third-order valence-electron chi connectivity index (χ3n) is 6.32. The highest BCUT2D eigenvalue weighted by Gasteiger charge is 2.46. The number of piperidine rings is 1. The van der Waals surface area contributed by atoms with Crippen LogP contribution in [0.15, 0.2) is 91.0 Å². The lowest BCUT2D eigenvalue weighted by Crippen LogP contribution is -2.65. The molecule has 3 aromatic carbocycles. The largest absolute Gasteiger partial charge is 0.394 e. The summed E-state index contributed by atoms with van der Waals surface area (Å²) in [5, 5.41) is 10.3. The Morgan fingerprint density at radius 2 is 1.17 bits per heavy atom. The molecule has 1 saturated heterocycles. The zero-order chi connectivity index (χ0) is 24.5. The number of aliphatic hydroxyl groups excluding tert-OH is 1. The maximum absolute atomic E-state index is 12.6. The average Bonchev–Trinajstić information content (AvgIpc) is 2.91. The van der Waals surface area contributed by atoms with E-state index in [4.69, 9.17) is 14.2 Å². The fourth-order valence-electron chi connectivity index (χ4n) is 4.47. The summed E-state index contributed by atoms with van der Waals surface area (Å²) in [6, 6.07) is 29.2. The van der Waals surface area contributed by atoms with Gasteiger partial charge in [-0.05, 0) is 16.7 Å². The summed E-state index contributed by atoms with van der Waals surface area (Å²) in [5.41, 5.74) is 3.08. The monoisotopic (exact) mass is 475 g/mol. The molecule has 0 radical (unpaired) electrons. The molecule has 6 nitrogen and oxygen atoms in total. The van der Waals surface area contributed by atoms with Crippen molar-refractivity contribution >= 4 is 5.91 Å². The smallest absolute Gasteiger partial charge is 0.219 e. The third kappa shape index (κ3) is 6.77. The zero-order valence-corrected chi connectivity index (χ0v) is 20.0. The highest BCUT2D eigenvalue weighted by molar-refractivity contribution is 5.74. The van der Waals surface area contributed by atoms with Gasteiger partial charge in [0.1, 0.15) is 18.3 Å². The summed E-state index contributed by atoms with van der Waals surface area (Å²) in [6.45, 7) is 2.70. The second-order valence-corrected chi connectivity index (χ2v) is 8.78. The minimum absolute atomic E-state index is 0.132. The summed E-state index contributed by atoms with van der Waals surface area (Å²) >= 11 is 0. The van der Waals surface area contributed by atoms with Gasteiger partial charge in [-0.2, -0.15) is 0 Å². The molecule has 0 saturated carbocycles. The quantitative estimate of drug-likeness (QED) is 0.481. The molecule has 1 aliphatic rings. The molecule has 0 aromatic heterocycles. The van der Waals surface area contributed by atoms with Gasteiger partial charge in [-0.15, -0.1) is 0 Å². The Morgan fingerprint density at radius 3 is 1.60 bits per heavy atom. The van der Waals surface area contributed by atoms with Gasteiger partial charge < -0.3 is 24.2 Å². The van der Waals surface area contributed by atoms with E-state index < -0.39 is 24.4 Å². The Kier molecular flexibility index (Phi) is 9.03. The first-order valence-electron chi connectivity index (χ1n) is 12.0. The SMILES string of the molecule is CC(=O)N1C[C@@H](OCc2ccccc2)[C@@H](OCc2ccccc2)[C@H](OCc2ccccc2)[C@H]1CO. The fourth-order valence-corrected chi connectivity index (χ4v) is 4.47. The lowest BCUT2D eigenvalue weighted by Gasteiger charge is -2.47. The lowest BCUT2D eigenvalue weighted by atomic mass is 9.93. The summed E-state index contributed by atoms with van der Waals surface area (Å²) < 4.78 is 19.2. The Balaban J connectivity index is 1.59. The Bertz CT molecular complexity index is 1030. The maximum Gasteiger partial charge on any atom is 0.219 e. The van der Waals surface area contributed by atoms with Gasteiger partial charge in [0.05, 0.1) is 39.0 Å². The molecule has 35 heavy (non-hydrogen) atoms. The first-order chi connectivity index (χ1) is 17.2. The van der Waals surface area contributed by atoms with Crippen molar-refractivity contribution in [1.29, 1.82) is 0 Å². The molecule has 0 aliphatic carbocycles. The van der Waals surface area contributed by atoms with Crippen molar-refractivity contribution in [3.05, 3.63) is 108 Å². The molecule has 184 valence electrons. The van der Waals surface area contributed by atoms with Gasteiger partial charge in [-0.25, -0.2) is 0 Å². The van der Waals surface area contributed by atoms with Crippen LogP contribution in [-0.2, 0) is 38.8 Å².